The average molecular weight is 312 g/mol. The molecule has 1 fully saturated rings. The number of hydrogen-bond acceptors (Lipinski definition) is 3. The first-order chi connectivity index (χ1) is 10.3. The van der Waals surface area contributed by atoms with Crippen molar-refractivity contribution in [2.24, 2.45) is 0 Å². The van der Waals surface area contributed by atoms with Crippen LogP contribution in [-0.2, 0) is 11.3 Å². The van der Waals surface area contributed by atoms with Gasteiger partial charge < -0.3 is 19.3 Å². The van der Waals surface area contributed by atoms with Gasteiger partial charge in [-0.2, -0.15) is 0 Å². The number of benzene rings is 1. The predicted octanol–water partition coefficient (Wildman–Crippen LogP) is -0.0763. The lowest BCUT2D eigenvalue weighted by atomic mass is 10.1. The largest absolute Gasteiger partial charge is 0.486 e. The Hall–Kier alpha value is -1.46. The molecular weight excluding hydrogens is 292 g/mol. The highest BCUT2D eigenvalue weighted by atomic mass is 35.5. The Morgan fingerprint density at radius 1 is 1.19 bits per heavy atom. The summed E-state index contributed by atoms with van der Waals surface area (Å²) in [5, 5.41) is 0. The maximum Gasteiger partial charge on any atom is 0.237 e. The van der Waals surface area contributed by atoms with Gasteiger partial charge in [0.2, 0.25) is 5.91 Å². The number of ether oxygens (including phenoxy) is 2. The molecule has 0 aromatic heterocycles. The van der Waals surface area contributed by atoms with Crippen LogP contribution in [0.1, 0.15) is 5.56 Å². The van der Waals surface area contributed by atoms with Crippen LogP contribution in [0.15, 0.2) is 18.2 Å². The molecule has 0 spiro atoms. The van der Waals surface area contributed by atoms with Crippen molar-refractivity contribution in [2.75, 3.05) is 45.3 Å². The van der Waals surface area contributed by atoms with Crippen molar-refractivity contribution in [3.8, 4) is 11.5 Å². The van der Waals surface area contributed by atoms with Gasteiger partial charge in [0.15, 0.2) is 11.5 Å². The average Bonchev–Trinajstić information content (AvgIpc) is 2.55. The number of nitrogens with zero attached hydrogens (tertiary/aromatic N) is 1. The lowest BCUT2D eigenvalue weighted by Crippen LogP contribution is -3.13. The molecular formula is C15H20ClN2O3+. The van der Waals surface area contributed by atoms with Crippen LogP contribution in [0.2, 0.25) is 0 Å². The molecule has 1 aromatic carbocycles. The Kier molecular flexibility index (Phi) is 4.51. The van der Waals surface area contributed by atoms with Gasteiger partial charge >= 0.3 is 0 Å². The summed E-state index contributed by atoms with van der Waals surface area (Å²) in [7, 11) is 0. The molecule has 0 radical (unpaired) electrons. The predicted molar refractivity (Wildman–Crippen MR) is 79.1 cm³/mol. The van der Waals surface area contributed by atoms with Crippen molar-refractivity contribution in [3.05, 3.63) is 23.8 Å². The summed E-state index contributed by atoms with van der Waals surface area (Å²) < 4.78 is 11.1. The molecule has 5 nitrogen and oxygen atoms in total. The Morgan fingerprint density at radius 2 is 1.90 bits per heavy atom. The SMILES string of the molecule is O=C(CCl)N1CC[NH+](Cc2ccc3c(c2)OCCO3)CC1. The third-order valence-corrected chi connectivity index (χ3v) is 4.23. The maximum absolute atomic E-state index is 11.5. The molecule has 1 amide bonds. The van der Waals surface area contributed by atoms with Crippen molar-refractivity contribution in [1.29, 1.82) is 0 Å². The molecule has 6 heteroatoms. The number of alkyl halides is 1. The van der Waals surface area contributed by atoms with Gasteiger partial charge in [-0.25, -0.2) is 0 Å². The number of amides is 1. The number of fused-ring (bicyclic) bond motifs is 1. The first-order valence-electron chi connectivity index (χ1n) is 7.32. The molecule has 1 aromatic rings. The number of halogens is 1. The number of hydrogen-bond donors (Lipinski definition) is 1. The smallest absolute Gasteiger partial charge is 0.237 e. The zero-order valence-electron chi connectivity index (χ0n) is 11.9. The van der Waals surface area contributed by atoms with Crippen LogP contribution in [0, 0.1) is 0 Å². The molecule has 2 aliphatic heterocycles. The molecule has 1 N–H and O–H groups in total. The molecule has 2 aliphatic rings. The van der Waals surface area contributed by atoms with Gasteiger partial charge in [-0.3, -0.25) is 4.79 Å². The van der Waals surface area contributed by atoms with Gasteiger partial charge in [0.1, 0.15) is 25.6 Å². The van der Waals surface area contributed by atoms with Gasteiger partial charge in [0.05, 0.1) is 26.2 Å². The molecule has 114 valence electrons. The quantitative estimate of drug-likeness (QED) is 0.794. The lowest BCUT2D eigenvalue weighted by Gasteiger charge is -2.32. The fraction of sp³-hybridized carbons (Fsp3) is 0.533. The van der Waals surface area contributed by atoms with Crippen LogP contribution in [0.25, 0.3) is 0 Å². The number of carbonyl (C=O) groups excluding carboxylic acids is 1. The minimum absolute atomic E-state index is 0.0371. The fourth-order valence-corrected chi connectivity index (χ4v) is 2.99. The van der Waals surface area contributed by atoms with E-state index in [0.29, 0.717) is 13.2 Å². The monoisotopic (exact) mass is 311 g/mol. The zero-order chi connectivity index (χ0) is 14.7. The highest BCUT2D eigenvalue weighted by Crippen LogP contribution is 2.30. The van der Waals surface area contributed by atoms with Crippen molar-refractivity contribution < 1.29 is 19.2 Å². The standard InChI is InChI=1S/C15H19ClN2O3/c16-10-15(19)18-5-3-17(4-6-18)11-12-1-2-13-14(9-12)21-8-7-20-13/h1-2,9H,3-8,10-11H2/p+1. The molecule has 0 saturated carbocycles. The number of nitrogens with one attached hydrogen (secondary N) is 1. The maximum atomic E-state index is 11.5. The van der Waals surface area contributed by atoms with Crippen LogP contribution in [0.5, 0.6) is 11.5 Å². The van der Waals surface area contributed by atoms with Crippen molar-refractivity contribution in [1.82, 2.24) is 4.90 Å². The fourth-order valence-electron chi connectivity index (χ4n) is 2.82. The Bertz CT molecular complexity index is 516. The van der Waals surface area contributed by atoms with E-state index in [1.165, 1.54) is 10.5 Å². The summed E-state index contributed by atoms with van der Waals surface area (Å²) in [6.45, 7) is 5.65. The summed E-state index contributed by atoms with van der Waals surface area (Å²) in [5.74, 6) is 1.79. The molecule has 21 heavy (non-hydrogen) atoms. The van der Waals surface area contributed by atoms with E-state index in [4.69, 9.17) is 21.1 Å². The van der Waals surface area contributed by atoms with E-state index in [1.807, 2.05) is 11.0 Å². The van der Waals surface area contributed by atoms with E-state index < -0.39 is 0 Å². The van der Waals surface area contributed by atoms with E-state index in [2.05, 4.69) is 12.1 Å². The summed E-state index contributed by atoms with van der Waals surface area (Å²) in [6, 6.07) is 6.14. The van der Waals surface area contributed by atoms with Crippen LogP contribution >= 0.6 is 11.6 Å². The summed E-state index contributed by atoms with van der Waals surface area (Å²) >= 11 is 5.60. The normalized spacial score (nSPS) is 18.6. The summed E-state index contributed by atoms with van der Waals surface area (Å²) in [5.41, 5.74) is 1.24. The third kappa shape index (κ3) is 3.41. The van der Waals surface area contributed by atoms with Gasteiger partial charge in [0.25, 0.3) is 0 Å². The second-order valence-corrected chi connectivity index (χ2v) is 5.69. The molecule has 2 heterocycles. The van der Waals surface area contributed by atoms with E-state index in [1.54, 1.807) is 0 Å². The highest BCUT2D eigenvalue weighted by Gasteiger charge is 2.23. The zero-order valence-corrected chi connectivity index (χ0v) is 12.7. The third-order valence-electron chi connectivity index (χ3n) is 4.00. The molecule has 0 unspecified atom stereocenters. The van der Waals surface area contributed by atoms with Crippen LogP contribution < -0.4 is 14.4 Å². The van der Waals surface area contributed by atoms with E-state index in [9.17, 15) is 4.79 Å². The molecule has 1 saturated heterocycles. The summed E-state index contributed by atoms with van der Waals surface area (Å²) in [4.78, 5) is 14.9. The van der Waals surface area contributed by atoms with E-state index in [-0.39, 0.29) is 11.8 Å². The Morgan fingerprint density at radius 3 is 2.62 bits per heavy atom. The van der Waals surface area contributed by atoms with Crippen molar-refractivity contribution >= 4 is 17.5 Å². The minimum atomic E-state index is 0.0371. The van der Waals surface area contributed by atoms with Gasteiger partial charge in [0, 0.05) is 5.56 Å². The highest BCUT2D eigenvalue weighted by molar-refractivity contribution is 6.27. The Balaban J connectivity index is 1.57. The van der Waals surface area contributed by atoms with Gasteiger partial charge in [-0.05, 0) is 18.2 Å². The summed E-state index contributed by atoms with van der Waals surface area (Å²) in [6.07, 6.45) is 0. The van der Waals surface area contributed by atoms with Crippen molar-refractivity contribution in [3.63, 3.8) is 0 Å². The van der Waals surface area contributed by atoms with Crippen molar-refractivity contribution in [2.45, 2.75) is 6.54 Å². The lowest BCUT2D eigenvalue weighted by molar-refractivity contribution is -0.917. The van der Waals surface area contributed by atoms with Gasteiger partial charge in [-0.1, -0.05) is 0 Å². The Labute approximate surface area is 129 Å². The van der Waals surface area contributed by atoms with Gasteiger partial charge in [-0.15, -0.1) is 11.6 Å². The first kappa shape index (κ1) is 14.5. The minimum Gasteiger partial charge on any atom is -0.486 e. The van der Waals surface area contributed by atoms with Crippen LogP contribution in [0.4, 0.5) is 0 Å². The molecule has 0 atom stereocenters. The van der Waals surface area contributed by atoms with E-state index >= 15 is 0 Å². The number of piperazine rings is 1. The number of quaternary nitrogens is 1. The number of carbonyl (C=O) groups is 1. The van der Waals surface area contributed by atoms with Crippen LogP contribution in [0.3, 0.4) is 0 Å². The molecule has 3 rings (SSSR count). The number of rotatable bonds is 3. The topological polar surface area (TPSA) is 43.2 Å². The van der Waals surface area contributed by atoms with Crippen LogP contribution in [-0.4, -0.2) is 56.1 Å². The second kappa shape index (κ2) is 6.54. The molecule has 0 bridgehead atoms. The second-order valence-electron chi connectivity index (χ2n) is 5.42. The van der Waals surface area contributed by atoms with E-state index in [0.717, 1.165) is 44.2 Å². The first-order valence-corrected chi connectivity index (χ1v) is 7.85. The molecule has 0 aliphatic carbocycles.